The number of nitrogens with zero attached hydrogens (tertiary/aromatic N) is 3. The van der Waals surface area contributed by atoms with Crippen LogP contribution in [-0.2, 0) is 13.2 Å². The van der Waals surface area contributed by atoms with E-state index < -0.39 is 17.8 Å². The zero-order valence-corrected chi connectivity index (χ0v) is 18.8. The fraction of sp³-hybridized carbons (Fsp3) is 0.0769. The van der Waals surface area contributed by atoms with E-state index in [1.807, 2.05) is 0 Å². The largest absolute Gasteiger partial charge is 0.433 e. The summed E-state index contributed by atoms with van der Waals surface area (Å²) in [5.41, 5.74) is 0.814. The van der Waals surface area contributed by atoms with Gasteiger partial charge in [0, 0.05) is 29.4 Å². The van der Waals surface area contributed by atoms with Crippen LogP contribution in [0.2, 0.25) is 0 Å². The number of anilines is 3. The molecule has 180 valence electrons. The number of aromatic nitrogens is 3. The van der Waals surface area contributed by atoms with Crippen LogP contribution in [-0.4, -0.2) is 20.4 Å². The summed E-state index contributed by atoms with van der Waals surface area (Å²) in [4.78, 5) is 32.9. The minimum atomic E-state index is -4.60. The molecule has 0 fully saturated rings. The number of hydrogen-bond donors (Lipinski definition) is 2. The molecule has 2 N–H and O–H groups in total. The van der Waals surface area contributed by atoms with Crippen LogP contribution < -0.4 is 16.2 Å². The van der Waals surface area contributed by atoms with E-state index in [4.69, 9.17) is 0 Å². The van der Waals surface area contributed by atoms with Gasteiger partial charge in [-0.25, -0.2) is 9.97 Å². The number of aryl methyl sites for hydroxylation is 1. The maximum absolute atomic E-state index is 13.4. The van der Waals surface area contributed by atoms with Crippen molar-refractivity contribution in [3.63, 3.8) is 0 Å². The predicted octanol–water partition coefficient (Wildman–Crippen LogP) is 5.50. The molecule has 0 spiro atoms. The topological polar surface area (TPSA) is 88.9 Å². The van der Waals surface area contributed by atoms with Crippen LogP contribution in [0.5, 0.6) is 0 Å². The Kier molecular flexibility index (Phi) is 5.63. The predicted molar refractivity (Wildman–Crippen MR) is 131 cm³/mol. The molecule has 0 bridgehead atoms. The quantitative estimate of drug-likeness (QED) is 0.348. The minimum Gasteiger partial charge on any atom is -0.355 e. The van der Waals surface area contributed by atoms with E-state index in [9.17, 15) is 22.8 Å². The second-order valence-electron chi connectivity index (χ2n) is 8.12. The second-order valence-corrected chi connectivity index (χ2v) is 8.12. The van der Waals surface area contributed by atoms with Crippen LogP contribution in [0.3, 0.4) is 0 Å². The Morgan fingerprint density at radius 1 is 0.889 bits per heavy atom. The van der Waals surface area contributed by atoms with Crippen molar-refractivity contribution in [3.8, 4) is 0 Å². The van der Waals surface area contributed by atoms with Gasteiger partial charge in [0.15, 0.2) is 0 Å². The summed E-state index contributed by atoms with van der Waals surface area (Å²) in [6.07, 6.45) is -3.22. The SMILES string of the molecule is Cn1cnc2cc(C(=O)Nc3cccc(Nc4cc(C(F)(F)F)nc5ccccc45)c3)ccc2c1=O. The third-order valence-corrected chi connectivity index (χ3v) is 5.59. The fourth-order valence-electron chi connectivity index (χ4n) is 3.81. The molecule has 0 radical (unpaired) electrons. The maximum Gasteiger partial charge on any atom is 0.433 e. The van der Waals surface area contributed by atoms with Gasteiger partial charge in [0.25, 0.3) is 11.5 Å². The third-order valence-electron chi connectivity index (χ3n) is 5.59. The van der Waals surface area contributed by atoms with Crippen LogP contribution in [0.15, 0.2) is 83.9 Å². The van der Waals surface area contributed by atoms with Gasteiger partial charge in [-0.3, -0.25) is 9.59 Å². The molecule has 0 aliphatic rings. The Hall–Kier alpha value is -4.73. The highest BCUT2D eigenvalue weighted by Crippen LogP contribution is 2.34. The minimum absolute atomic E-state index is 0.207. The molecule has 0 aliphatic carbocycles. The number of pyridine rings is 1. The molecule has 7 nitrogen and oxygen atoms in total. The normalized spacial score (nSPS) is 11.6. The summed E-state index contributed by atoms with van der Waals surface area (Å²) in [6.45, 7) is 0. The van der Waals surface area contributed by atoms with Crippen LogP contribution >= 0.6 is 0 Å². The highest BCUT2D eigenvalue weighted by atomic mass is 19.4. The number of alkyl halides is 3. The molecule has 0 unspecified atom stereocenters. The summed E-state index contributed by atoms with van der Waals surface area (Å²) in [6, 6.07) is 18.7. The van der Waals surface area contributed by atoms with Crippen molar-refractivity contribution >= 4 is 44.8 Å². The molecule has 2 heterocycles. The summed E-state index contributed by atoms with van der Waals surface area (Å²) >= 11 is 0. The molecule has 5 rings (SSSR count). The highest BCUT2D eigenvalue weighted by Gasteiger charge is 2.33. The number of hydrogen-bond acceptors (Lipinski definition) is 5. The van der Waals surface area contributed by atoms with Gasteiger partial charge in [0.2, 0.25) is 0 Å². The first-order valence-electron chi connectivity index (χ1n) is 10.8. The monoisotopic (exact) mass is 489 g/mol. The first kappa shape index (κ1) is 23.0. The number of halogens is 3. The van der Waals surface area contributed by atoms with Crippen molar-refractivity contribution in [3.05, 3.63) is 101 Å². The molecule has 0 atom stereocenters. The van der Waals surface area contributed by atoms with E-state index in [1.54, 1.807) is 55.6 Å². The lowest BCUT2D eigenvalue weighted by molar-refractivity contribution is -0.140. The molecule has 1 amide bonds. The Labute approximate surface area is 202 Å². The number of para-hydroxylation sites is 1. The summed E-state index contributed by atoms with van der Waals surface area (Å²) < 4.78 is 41.5. The molecular weight excluding hydrogens is 471 g/mol. The van der Waals surface area contributed by atoms with Gasteiger partial charge in [-0.2, -0.15) is 13.2 Å². The van der Waals surface area contributed by atoms with Crippen LogP contribution in [0, 0.1) is 0 Å². The zero-order valence-electron chi connectivity index (χ0n) is 18.8. The lowest BCUT2D eigenvalue weighted by Gasteiger charge is -2.14. The number of amides is 1. The Bertz CT molecular complexity index is 1700. The Balaban J connectivity index is 1.42. The van der Waals surface area contributed by atoms with Crippen molar-refractivity contribution < 1.29 is 18.0 Å². The van der Waals surface area contributed by atoms with Gasteiger partial charge >= 0.3 is 6.18 Å². The van der Waals surface area contributed by atoms with Crippen LogP contribution in [0.4, 0.5) is 30.2 Å². The maximum atomic E-state index is 13.4. The van der Waals surface area contributed by atoms with Crippen molar-refractivity contribution in [1.82, 2.24) is 14.5 Å². The molecule has 5 aromatic rings. The standard InChI is InChI=1S/C26H18F3N5O2/c1-34-14-30-21-11-15(9-10-19(21)25(34)36)24(35)32-17-6-4-5-16(12-17)31-22-13-23(26(27,28)29)33-20-8-3-2-7-18(20)22/h2-14H,1H3,(H,31,33)(H,32,35). The first-order valence-corrected chi connectivity index (χ1v) is 10.8. The molecule has 0 saturated heterocycles. The lowest BCUT2D eigenvalue weighted by Crippen LogP contribution is -2.18. The molecule has 0 saturated carbocycles. The average Bonchev–Trinajstić information content (AvgIpc) is 2.85. The van der Waals surface area contributed by atoms with E-state index in [-0.39, 0.29) is 16.8 Å². The molecule has 10 heteroatoms. The van der Waals surface area contributed by atoms with Gasteiger partial charge in [-0.15, -0.1) is 0 Å². The Morgan fingerprint density at radius 3 is 2.47 bits per heavy atom. The van der Waals surface area contributed by atoms with E-state index in [2.05, 4.69) is 20.6 Å². The summed E-state index contributed by atoms with van der Waals surface area (Å²) in [5.74, 6) is -0.426. The average molecular weight is 489 g/mol. The Morgan fingerprint density at radius 2 is 1.67 bits per heavy atom. The number of fused-ring (bicyclic) bond motifs is 2. The summed E-state index contributed by atoms with van der Waals surface area (Å²) in [7, 11) is 1.59. The summed E-state index contributed by atoms with van der Waals surface area (Å²) in [5, 5.41) is 6.69. The van der Waals surface area contributed by atoms with Crippen molar-refractivity contribution in [2.45, 2.75) is 6.18 Å². The van der Waals surface area contributed by atoms with E-state index in [0.717, 1.165) is 6.07 Å². The smallest absolute Gasteiger partial charge is 0.355 e. The second kappa shape index (κ2) is 8.81. The van der Waals surface area contributed by atoms with E-state index in [1.165, 1.54) is 29.1 Å². The van der Waals surface area contributed by atoms with Gasteiger partial charge in [-0.05, 0) is 48.5 Å². The van der Waals surface area contributed by atoms with Gasteiger partial charge in [0.1, 0.15) is 5.69 Å². The van der Waals surface area contributed by atoms with Crippen LogP contribution in [0.1, 0.15) is 16.1 Å². The molecule has 2 aromatic heterocycles. The van der Waals surface area contributed by atoms with Crippen LogP contribution in [0.25, 0.3) is 21.8 Å². The number of benzene rings is 3. The van der Waals surface area contributed by atoms with Crippen molar-refractivity contribution in [2.24, 2.45) is 7.05 Å². The highest BCUT2D eigenvalue weighted by molar-refractivity contribution is 6.06. The molecule has 0 aliphatic heterocycles. The zero-order chi connectivity index (χ0) is 25.4. The van der Waals surface area contributed by atoms with E-state index >= 15 is 0 Å². The van der Waals surface area contributed by atoms with Crippen molar-refractivity contribution in [1.29, 1.82) is 0 Å². The van der Waals surface area contributed by atoms with Crippen molar-refractivity contribution in [2.75, 3.05) is 10.6 Å². The molecule has 36 heavy (non-hydrogen) atoms. The molecule has 3 aromatic carbocycles. The number of rotatable bonds is 4. The third kappa shape index (κ3) is 4.48. The molecular formula is C26H18F3N5O2. The first-order chi connectivity index (χ1) is 17.2. The van der Waals surface area contributed by atoms with Gasteiger partial charge in [0.05, 0.1) is 28.4 Å². The van der Waals surface area contributed by atoms with Gasteiger partial charge < -0.3 is 15.2 Å². The number of carbonyl (C=O) groups is 1. The lowest BCUT2D eigenvalue weighted by atomic mass is 10.1. The fourth-order valence-corrected chi connectivity index (χ4v) is 3.81. The number of nitrogens with one attached hydrogen (secondary N) is 2. The van der Waals surface area contributed by atoms with E-state index in [0.29, 0.717) is 33.2 Å². The number of carbonyl (C=O) groups excluding carboxylic acids is 1. The van der Waals surface area contributed by atoms with Gasteiger partial charge in [-0.1, -0.05) is 24.3 Å².